The highest BCUT2D eigenvalue weighted by atomic mass is 79.9. The largest absolute Gasteiger partial charge is 0.379 e. The van der Waals surface area contributed by atoms with Crippen molar-refractivity contribution in [2.24, 2.45) is 10.7 Å². The second kappa shape index (κ2) is 4.17. The Morgan fingerprint density at radius 3 is 2.78 bits per heavy atom. The molecule has 0 radical (unpaired) electrons. The minimum Gasteiger partial charge on any atom is -0.379 e. The van der Waals surface area contributed by atoms with Crippen LogP contribution in [-0.4, -0.2) is 17.0 Å². The lowest BCUT2D eigenvalue weighted by molar-refractivity contribution is 0.719. The molecule has 9 heavy (non-hydrogen) atoms. The number of thioether (sulfide) groups is 1. The average Bonchev–Trinajstić information content (AvgIpc) is 1.64. The molecule has 2 N–H and O–H groups in total. The Morgan fingerprint density at radius 2 is 2.44 bits per heavy atom. The van der Waals surface area contributed by atoms with E-state index in [0.29, 0.717) is 6.04 Å². The molecule has 1 heterocycles. The van der Waals surface area contributed by atoms with Gasteiger partial charge in [-0.05, 0) is 13.3 Å². The van der Waals surface area contributed by atoms with E-state index in [1.54, 1.807) is 11.8 Å². The number of rotatable bonds is 0. The number of nitrogens with two attached hydrogens (primary N) is 1. The Hall–Kier alpha value is 0.300. The van der Waals surface area contributed by atoms with Crippen LogP contribution in [0.5, 0.6) is 0 Å². The maximum absolute atomic E-state index is 5.44. The van der Waals surface area contributed by atoms with Gasteiger partial charge in [0, 0.05) is 5.75 Å². The van der Waals surface area contributed by atoms with Crippen LogP contribution in [0.3, 0.4) is 0 Å². The third-order valence-corrected chi connectivity index (χ3v) is 1.97. The fourth-order valence-corrected chi connectivity index (χ4v) is 1.58. The van der Waals surface area contributed by atoms with Gasteiger partial charge < -0.3 is 5.73 Å². The molecule has 0 fully saturated rings. The first-order valence-electron chi connectivity index (χ1n) is 2.75. The Balaban J connectivity index is 0.000000640. The van der Waals surface area contributed by atoms with Crippen molar-refractivity contribution in [3.8, 4) is 0 Å². The van der Waals surface area contributed by atoms with Gasteiger partial charge in [0.25, 0.3) is 0 Å². The van der Waals surface area contributed by atoms with Crippen molar-refractivity contribution in [1.82, 2.24) is 0 Å². The summed E-state index contributed by atoms with van der Waals surface area (Å²) in [6, 6.07) is 0.455. The monoisotopic (exact) mass is 210 g/mol. The number of aliphatic imine (C=N–C) groups is 1. The first-order valence-corrected chi connectivity index (χ1v) is 3.73. The lowest BCUT2D eigenvalue weighted by atomic mass is 10.3. The quantitative estimate of drug-likeness (QED) is 0.657. The van der Waals surface area contributed by atoms with Gasteiger partial charge in [-0.1, -0.05) is 11.8 Å². The Kier molecular flexibility index (Phi) is 4.31. The summed E-state index contributed by atoms with van der Waals surface area (Å²) in [5.74, 6) is 1.14. The van der Waals surface area contributed by atoms with Crippen LogP contribution in [-0.2, 0) is 0 Å². The van der Waals surface area contributed by atoms with E-state index in [0.717, 1.165) is 10.9 Å². The van der Waals surface area contributed by atoms with E-state index in [1.807, 2.05) is 0 Å². The lowest BCUT2D eigenvalue weighted by Gasteiger charge is -2.12. The Morgan fingerprint density at radius 1 is 1.78 bits per heavy atom. The molecule has 4 heteroatoms. The van der Waals surface area contributed by atoms with E-state index >= 15 is 0 Å². The van der Waals surface area contributed by atoms with E-state index < -0.39 is 0 Å². The average molecular weight is 211 g/mol. The predicted molar refractivity (Wildman–Crippen MR) is 48.5 cm³/mol. The van der Waals surface area contributed by atoms with Crippen LogP contribution in [0.25, 0.3) is 0 Å². The standard InChI is InChI=1S/C5H10N2S.BrH/c1-4-2-3-8-5(6)7-4;/h4H,2-3H2,1H3,(H2,6,7);1H. The highest BCUT2D eigenvalue weighted by Crippen LogP contribution is 2.13. The molecule has 0 aliphatic carbocycles. The molecule has 0 saturated heterocycles. The third kappa shape index (κ3) is 3.11. The summed E-state index contributed by atoms with van der Waals surface area (Å²) in [5, 5.41) is 0.753. The molecular formula is C5H11BrN2S. The first kappa shape index (κ1) is 9.30. The molecular weight excluding hydrogens is 200 g/mol. The van der Waals surface area contributed by atoms with Crippen molar-refractivity contribution in [2.75, 3.05) is 5.75 Å². The van der Waals surface area contributed by atoms with Gasteiger partial charge in [-0.25, -0.2) is 0 Å². The summed E-state index contributed by atoms with van der Waals surface area (Å²) in [5.41, 5.74) is 5.44. The van der Waals surface area contributed by atoms with Gasteiger partial charge in [-0.2, -0.15) is 0 Å². The van der Waals surface area contributed by atoms with E-state index in [2.05, 4.69) is 11.9 Å². The van der Waals surface area contributed by atoms with Crippen LogP contribution in [0.4, 0.5) is 0 Å². The summed E-state index contributed by atoms with van der Waals surface area (Å²) >= 11 is 1.65. The third-order valence-electron chi connectivity index (χ3n) is 1.13. The zero-order valence-corrected chi connectivity index (χ0v) is 7.86. The molecule has 1 aliphatic heterocycles. The molecule has 0 aromatic heterocycles. The molecule has 0 aromatic carbocycles. The maximum atomic E-state index is 5.44. The van der Waals surface area contributed by atoms with Crippen LogP contribution < -0.4 is 5.73 Å². The van der Waals surface area contributed by atoms with Crippen molar-refractivity contribution < 1.29 is 0 Å². The SMILES string of the molecule is Br.CC1CCSC(N)=N1. The van der Waals surface area contributed by atoms with Gasteiger partial charge in [0.15, 0.2) is 5.17 Å². The zero-order chi connectivity index (χ0) is 5.98. The van der Waals surface area contributed by atoms with Gasteiger partial charge in [0.2, 0.25) is 0 Å². The van der Waals surface area contributed by atoms with Crippen LogP contribution in [0.2, 0.25) is 0 Å². The van der Waals surface area contributed by atoms with Crippen molar-refractivity contribution in [2.45, 2.75) is 19.4 Å². The number of halogens is 1. The fourth-order valence-electron chi connectivity index (χ4n) is 0.653. The van der Waals surface area contributed by atoms with Crippen LogP contribution in [0, 0.1) is 0 Å². The highest BCUT2D eigenvalue weighted by Gasteiger charge is 2.06. The first-order chi connectivity index (χ1) is 3.79. The van der Waals surface area contributed by atoms with Crippen LogP contribution in [0.15, 0.2) is 4.99 Å². The minimum absolute atomic E-state index is 0. The van der Waals surface area contributed by atoms with Crippen LogP contribution >= 0.6 is 28.7 Å². The molecule has 0 saturated carbocycles. The molecule has 0 amide bonds. The maximum Gasteiger partial charge on any atom is 0.154 e. The molecule has 0 bridgehead atoms. The van der Waals surface area contributed by atoms with Crippen LogP contribution in [0.1, 0.15) is 13.3 Å². The molecule has 2 nitrogen and oxygen atoms in total. The van der Waals surface area contributed by atoms with Gasteiger partial charge in [0.05, 0.1) is 6.04 Å². The Bertz CT molecular complexity index is 116. The topological polar surface area (TPSA) is 38.4 Å². The van der Waals surface area contributed by atoms with Crippen molar-refractivity contribution in [3.63, 3.8) is 0 Å². The number of hydrogen-bond acceptors (Lipinski definition) is 3. The number of hydrogen-bond donors (Lipinski definition) is 1. The molecule has 1 atom stereocenters. The smallest absolute Gasteiger partial charge is 0.154 e. The molecule has 1 unspecified atom stereocenters. The normalized spacial score (nSPS) is 26.3. The van der Waals surface area contributed by atoms with Crippen molar-refractivity contribution in [3.05, 3.63) is 0 Å². The highest BCUT2D eigenvalue weighted by molar-refractivity contribution is 8.93. The molecule has 0 aromatic rings. The van der Waals surface area contributed by atoms with E-state index in [4.69, 9.17) is 5.73 Å². The second-order valence-corrected chi connectivity index (χ2v) is 3.07. The fraction of sp³-hybridized carbons (Fsp3) is 0.800. The molecule has 54 valence electrons. The van der Waals surface area contributed by atoms with Crippen molar-refractivity contribution >= 4 is 33.9 Å². The number of nitrogens with zero attached hydrogens (tertiary/aromatic N) is 1. The summed E-state index contributed by atoms with van der Waals surface area (Å²) < 4.78 is 0. The molecule has 0 spiro atoms. The van der Waals surface area contributed by atoms with E-state index in [9.17, 15) is 0 Å². The molecule has 1 rings (SSSR count). The lowest BCUT2D eigenvalue weighted by Crippen LogP contribution is -2.17. The van der Waals surface area contributed by atoms with Gasteiger partial charge in [0.1, 0.15) is 0 Å². The van der Waals surface area contributed by atoms with E-state index in [-0.39, 0.29) is 17.0 Å². The number of amidine groups is 1. The second-order valence-electron chi connectivity index (χ2n) is 1.95. The van der Waals surface area contributed by atoms with Crippen molar-refractivity contribution in [1.29, 1.82) is 0 Å². The predicted octanol–water partition coefficient (Wildman–Crippen LogP) is 1.40. The van der Waals surface area contributed by atoms with Gasteiger partial charge in [-0.15, -0.1) is 17.0 Å². The van der Waals surface area contributed by atoms with E-state index in [1.165, 1.54) is 6.42 Å². The Labute approximate surface area is 70.1 Å². The summed E-state index contributed by atoms with van der Waals surface area (Å²) in [7, 11) is 0. The van der Waals surface area contributed by atoms with Gasteiger partial charge in [-0.3, -0.25) is 4.99 Å². The molecule has 1 aliphatic rings. The summed E-state index contributed by atoms with van der Waals surface area (Å²) in [6.07, 6.45) is 1.17. The minimum atomic E-state index is 0. The summed E-state index contributed by atoms with van der Waals surface area (Å²) in [4.78, 5) is 4.14. The zero-order valence-electron chi connectivity index (χ0n) is 5.33. The summed E-state index contributed by atoms with van der Waals surface area (Å²) in [6.45, 7) is 2.09. The van der Waals surface area contributed by atoms with Gasteiger partial charge >= 0.3 is 0 Å².